The van der Waals surface area contributed by atoms with Gasteiger partial charge in [0, 0.05) is 35.9 Å². The molecule has 0 spiro atoms. The Morgan fingerprint density at radius 2 is 2.10 bits per heavy atom. The number of rotatable bonds is 4. The lowest BCUT2D eigenvalue weighted by Crippen LogP contribution is -2.14. The number of amides is 1. The lowest BCUT2D eigenvalue weighted by atomic mass is 10.3. The maximum atomic E-state index is 11.8. The van der Waals surface area contributed by atoms with E-state index < -0.39 is 0 Å². The van der Waals surface area contributed by atoms with Gasteiger partial charge in [-0.3, -0.25) is 4.79 Å². The molecule has 2 unspecified atom stereocenters. The van der Waals surface area contributed by atoms with Crippen LogP contribution in [0.5, 0.6) is 0 Å². The molecule has 0 bridgehead atoms. The minimum atomic E-state index is 0.141. The SMILES string of the molecule is CC1CC1C(=O)Nc1ccc(Sc2nccn2C)cc1. The van der Waals surface area contributed by atoms with Gasteiger partial charge in [0.05, 0.1) is 0 Å². The van der Waals surface area contributed by atoms with E-state index in [0.29, 0.717) is 5.92 Å². The summed E-state index contributed by atoms with van der Waals surface area (Å²) >= 11 is 1.61. The molecule has 2 aromatic rings. The second-order valence-corrected chi connectivity index (χ2v) is 6.30. The molecule has 20 heavy (non-hydrogen) atoms. The van der Waals surface area contributed by atoms with Gasteiger partial charge in [-0.1, -0.05) is 18.7 Å². The summed E-state index contributed by atoms with van der Waals surface area (Å²) in [5.74, 6) is 0.881. The third-order valence-electron chi connectivity index (χ3n) is 3.55. The Hall–Kier alpha value is -1.75. The molecule has 2 atom stereocenters. The standard InChI is InChI=1S/C15H17N3OS/c1-10-9-13(10)14(19)17-11-3-5-12(6-4-11)20-15-16-7-8-18(15)2/h3-8,10,13H,9H2,1-2H3,(H,17,19). The van der Waals surface area contributed by atoms with E-state index in [-0.39, 0.29) is 11.8 Å². The fourth-order valence-electron chi connectivity index (χ4n) is 2.08. The first-order valence-corrected chi connectivity index (χ1v) is 7.51. The maximum Gasteiger partial charge on any atom is 0.227 e. The second kappa shape index (κ2) is 5.32. The van der Waals surface area contributed by atoms with Crippen LogP contribution in [0.2, 0.25) is 0 Å². The summed E-state index contributed by atoms with van der Waals surface area (Å²) in [6, 6.07) is 7.89. The summed E-state index contributed by atoms with van der Waals surface area (Å²) in [7, 11) is 1.97. The van der Waals surface area contributed by atoms with Gasteiger partial charge in [-0.2, -0.15) is 0 Å². The van der Waals surface area contributed by atoms with Crippen LogP contribution in [0.3, 0.4) is 0 Å². The number of nitrogens with zero attached hydrogens (tertiary/aromatic N) is 2. The number of aromatic nitrogens is 2. The Bertz CT molecular complexity index is 620. The van der Waals surface area contributed by atoms with E-state index in [4.69, 9.17) is 0 Å². The third-order valence-corrected chi connectivity index (χ3v) is 4.64. The molecule has 1 aliphatic rings. The van der Waals surface area contributed by atoms with Crippen molar-refractivity contribution in [1.29, 1.82) is 0 Å². The Balaban J connectivity index is 1.62. The summed E-state index contributed by atoms with van der Waals surface area (Å²) in [5, 5.41) is 3.92. The topological polar surface area (TPSA) is 46.9 Å². The van der Waals surface area contributed by atoms with Crippen LogP contribution in [0, 0.1) is 11.8 Å². The number of carbonyl (C=O) groups excluding carboxylic acids is 1. The molecule has 0 saturated heterocycles. The summed E-state index contributed by atoms with van der Waals surface area (Å²) in [6.45, 7) is 2.11. The van der Waals surface area contributed by atoms with Gasteiger partial charge in [0.15, 0.2) is 5.16 Å². The molecule has 5 heteroatoms. The van der Waals surface area contributed by atoms with Gasteiger partial charge in [0.25, 0.3) is 0 Å². The largest absolute Gasteiger partial charge is 0.329 e. The third kappa shape index (κ3) is 2.88. The molecule has 1 aromatic heterocycles. The van der Waals surface area contributed by atoms with Gasteiger partial charge >= 0.3 is 0 Å². The lowest BCUT2D eigenvalue weighted by Gasteiger charge is -2.06. The smallest absolute Gasteiger partial charge is 0.227 e. The Morgan fingerprint density at radius 1 is 1.40 bits per heavy atom. The van der Waals surface area contributed by atoms with E-state index in [1.807, 2.05) is 42.1 Å². The predicted octanol–water partition coefficient (Wildman–Crippen LogP) is 3.17. The highest BCUT2D eigenvalue weighted by molar-refractivity contribution is 7.99. The Kier molecular flexibility index (Phi) is 3.53. The molecule has 1 N–H and O–H groups in total. The van der Waals surface area contributed by atoms with Crippen molar-refractivity contribution in [3.63, 3.8) is 0 Å². The van der Waals surface area contributed by atoms with Crippen molar-refractivity contribution >= 4 is 23.4 Å². The highest BCUT2D eigenvalue weighted by atomic mass is 32.2. The first kappa shape index (κ1) is 13.2. The highest BCUT2D eigenvalue weighted by Gasteiger charge is 2.38. The van der Waals surface area contributed by atoms with E-state index in [1.54, 1.807) is 18.0 Å². The molecule has 0 aliphatic heterocycles. The monoisotopic (exact) mass is 287 g/mol. The van der Waals surface area contributed by atoms with E-state index in [2.05, 4.69) is 17.2 Å². The highest BCUT2D eigenvalue weighted by Crippen LogP contribution is 2.38. The maximum absolute atomic E-state index is 11.8. The van der Waals surface area contributed by atoms with Crippen LogP contribution in [0.25, 0.3) is 0 Å². The first-order valence-electron chi connectivity index (χ1n) is 6.69. The number of hydrogen-bond donors (Lipinski definition) is 1. The number of anilines is 1. The predicted molar refractivity (Wildman–Crippen MR) is 79.7 cm³/mol. The van der Waals surface area contributed by atoms with Crippen molar-refractivity contribution < 1.29 is 4.79 Å². The van der Waals surface area contributed by atoms with Crippen LogP contribution in [0.15, 0.2) is 46.7 Å². The van der Waals surface area contributed by atoms with Crippen LogP contribution in [0.4, 0.5) is 5.69 Å². The Labute approximate surface area is 122 Å². The average molecular weight is 287 g/mol. The molecule has 3 rings (SSSR count). The van der Waals surface area contributed by atoms with Gasteiger partial charge in [0.2, 0.25) is 5.91 Å². The van der Waals surface area contributed by atoms with E-state index in [0.717, 1.165) is 22.2 Å². The summed E-state index contributed by atoms with van der Waals surface area (Å²) in [5.41, 5.74) is 0.860. The van der Waals surface area contributed by atoms with Crippen LogP contribution < -0.4 is 5.32 Å². The number of carbonyl (C=O) groups is 1. The van der Waals surface area contributed by atoms with Crippen molar-refractivity contribution in [3.8, 4) is 0 Å². The van der Waals surface area contributed by atoms with Crippen molar-refractivity contribution in [2.24, 2.45) is 18.9 Å². The molecular weight excluding hydrogens is 270 g/mol. The zero-order chi connectivity index (χ0) is 14.1. The fourth-order valence-corrected chi connectivity index (χ4v) is 2.89. The molecule has 4 nitrogen and oxygen atoms in total. The molecule has 1 fully saturated rings. The minimum absolute atomic E-state index is 0.141. The number of benzene rings is 1. The molecule has 1 heterocycles. The van der Waals surface area contributed by atoms with Gasteiger partial charge < -0.3 is 9.88 Å². The fraction of sp³-hybridized carbons (Fsp3) is 0.333. The summed E-state index contributed by atoms with van der Waals surface area (Å²) in [4.78, 5) is 17.2. The molecule has 1 saturated carbocycles. The van der Waals surface area contributed by atoms with E-state index in [1.165, 1.54) is 0 Å². The van der Waals surface area contributed by atoms with Crippen molar-refractivity contribution in [3.05, 3.63) is 36.7 Å². The number of hydrogen-bond acceptors (Lipinski definition) is 3. The normalized spacial score (nSPS) is 20.7. The van der Waals surface area contributed by atoms with Gasteiger partial charge in [-0.25, -0.2) is 4.98 Å². The van der Waals surface area contributed by atoms with Crippen LogP contribution >= 0.6 is 11.8 Å². The number of aryl methyl sites for hydroxylation is 1. The van der Waals surface area contributed by atoms with Crippen molar-refractivity contribution in [2.45, 2.75) is 23.4 Å². The molecule has 1 amide bonds. The summed E-state index contributed by atoms with van der Waals surface area (Å²) in [6.07, 6.45) is 4.72. The van der Waals surface area contributed by atoms with Gasteiger partial charge in [-0.05, 0) is 36.6 Å². The first-order chi connectivity index (χ1) is 9.63. The average Bonchev–Trinajstić information content (AvgIpc) is 3.04. The molecule has 1 aromatic carbocycles. The molecular formula is C15H17N3OS. The zero-order valence-electron chi connectivity index (χ0n) is 11.5. The lowest BCUT2D eigenvalue weighted by molar-refractivity contribution is -0.117. The molecule has 0 radical (unpaired) electrons. The van der Waals surface area contributed by atoms with Crippen molar-refractivity contribution in [2.75, 3.05) is 5.32 Å². The number of nitrogens with one attached hydrogen (secondary N) is 1. The van der Waals surface area contributed by atoms with Gasteiger partial charge in [0.1, 0.15) is 0 Å². The molecule has 104 valence electrons. The van der Waals surface area contributed by atoms with Crippen molar-refractivity contribution in [1.82, 2.24) is 9.55 Å². The molecule has 1 aliphatic carbocycles. The number of imidazole rings is 1. The minimum Gasteiger partial charge on any atom is -0.329 e. The second-order valence-electron chi connectivity index (χ2n) is 5.26. The van der Waals surface area contributed by atoms with Crippen LogP contribution in [0.1, 0.15) is 13.3 Å². The van der Waals surface area contributed by atoms with Crippen LogP contribution in [-0.2, 0) is 11.8 Å². The van der Waals surface area contributed by atoms with Gasteiger partial charge in [-0.15, -0.1) is 0 Å². The van der Waals surface area contributed by atoms with E-state index in [9.17, 15) is 4.79 Å². The Morgan fingerprint density at radius 3 is 2.65 bits per heavy atom. The summed E-state index contributed by atoms with van der Waals surface area (Å²) < 4.78 is 1.98. The van der Waals surface area contributed by atoms with Crippen LogP contribution in [-0.4, -0.2) is 15.5 Å². The van der Waals surface area contributed by atoms with E-state index >= 15 is 0 Å². The zero-order valence-corrected chi connectivity index (χ0v) is 12.4. The quantitative estimate of drug-likeness (QED) is 0.939.